The lowest BCUT2D eigenvalue weighted by molar-refractivity contribution is 0.335. The topological polar surface area (TPSA) is 12.5 Å². The number of fused-ring (bicyclic) bond motifs is 3. The van der Waals surface area contributed by atoms with Crippen molar-refractivity contribution in [1.29, 1.82) is 0 Å². The molecule has 5 heteroatoms. The van der Waals surface area contributed by atoms with Crippen LogP contribution in [0.25, 0.3) is 0 Å². The summed E-state index contributed by atoms with van der Waals surface area (Å²) in [5.41, 5.74) is 1.14. The standard InChI is InChI=1S/C10H8ClNOS2/c11-6-1-2-8-7(5-6)9-12(3-4-15-9)10(14)13-8/h1-2,5,9H,3-4H2. The molecular weight excluding hydrogens is 250 g/mol. The number of hydrogen-bond acceptors (Lipinski definition) is 3. The quantitative estimate of drug-likeness (QED) is 0.662. The summed E-state index contributed by atoms with van der Waals surface area (Å²) in [5.74, 6) is 1.93. The summed E-state index contributed by atoms with van der Waals surface area (Å²) in [5, 5.41) is 1.62. The van der Waals surface area contributed by atoms with E-state index < -0.39 is 0 Å². The molecule has 1 unspecified atom stereocenters. The van der Waals surface area contributed by atoms with Crippen LogP contribution in [0.15, 0.2) is 18.2 Å². The number of rotatable bonds is 0. The van der Waals surface area contributed by atoms with Gasteiger partial charge in [-0.25, -0.2) is 0 Å². The van der Waals surface area contributed by atoms with Crippen LogP contribution < -0.4 is 4.74 Å². The van der Waals surface area contributed by atoms with Crippen LogP contribution >= 0.6 is 35.6 Å². The summed E-state index contributed by atoms with van der Waals surface area (Å²) in [6, 6.07) is 5.69. The van der Waals surface area contributed by atoms with Crippen molar-refractivity contribution in [2.24, 2.45) is 0 Å². The number of ether oxygens (including phenoxy) is 1. The molecule has 0 saturated carbocycles. The minimum absolute atomic E-state index is 0.292. The Kier molecular flexibility index (Phi) is 2.30. The summed E-state index contributed by atoms with van der Waals surface area (Å²) in [6.07, 6.45) is 0. The average molecular weight is 258 g/mol. The lowest BCUT2D eigenvalue weighted by Crippen LogP contribution is -2.36. The first-order valence-electron chi connectivity index (χ1n) is 4.65. The van der Waals surface area contributed by atoms with Crippen molar-refractivity contribution in [2.75, 3.05) is 12.3 Å². The first-order valence-corrected chi connectivity index (χ1v) is 6.49. The van der Waals surface area contributed by atoms with Gasteiger partial charge in [-0.05, 0) is 30.4 Å². The van der Waals surface area contributed by atoms with Gasteiger partial charge < -0.3 is 9.64 Å². The van der Waals surface area contributed by atoms with Crippen LogP contribution in [0.5, 0.6) is 5.75 Å². The van der Waals surface area contributed by atoms with Crippen molar-refractivity contribution in [2.45, 2.75) is 5.37 Å². The van der Waals surface area contributed by atoms with Gasteiger partial charge in [0, 0.05) is 22.9 Å². The molecule has 0 amide bonds. The van der Waals surface area contributed by atoms with E-state index in [2.05, 4.69) is 4.90 Å². The third-order valence-corrected chi connectivity index (χ3v) is 4.36. The smallest absolute Gasteiger partial charge is 0.266 e. The SMILES string of the molecule is S=C1Oc2ccc(Cl)cc2C2SCCN12. The number of nitrogens with zero attached hydrogens (tertiary/aromatic N) is 1. The minimum atomic E-state index is 0.292. The zero-order chi connectivity index (χ0) is 10.4. The Hall–Kier alpha value is -0.450. The Morgan fingerprint density at radius 1 is 1.53 bits per heavy atom. The van der Waals surface area contributed by atoms with Gasteiger partial charge >= 0.3 is 0 Å². The van der Waals surface area contributed by atoms with Crippen LogP contribution in [-0.4, -0.2) is 22.4 Å². The number of hydrogen-bond donors (Lipinski definition) is 0. The van der Waals surface area contributed by atoms with E-state index in [0.29, 0.717) is 10.5 Å². The Morgan fingerprint density at radius 3 is 3.27 bits per heavy atom. The van der Waals surface area contributed by atoms with Crippen molar-refractivity contribution in [1.82, 2.24) is 4.90 Å². The molecule has 0 N–H and O–H groups in total. The van der Waals surface area contributed by atoms with Crippen molar-refractivity contribution in [3.05, 3.63) is 28.8 Å². The monoisotopic (exact) mass is 257 g/mol. The lowest BCUT2D eigenvalue weighted by atomic mass is 10.1. The fourth-order valence-corrected chi connectivity index (χ4v) is 3.68. The Bertz CT molecular complexity index is 437. The minimum Gasteiger partial charge on any atom is -0.431 e. The van der Waals surface area contributed by atoms with Gasteiger partial charge in [-0.3, -0.25) is 0 Å². The third kappa shape index (κ3) is 1.51. The summed E-state index contributed by atoms with van der Waals surface area (Å²) in [7, 11) is 0. The molecule has 1 atom stereocenters. The van der Waals surface area contributed by atoms with Crippen molar-refractivity contribution in [3.8, 4) is 5.75 Å². The fourth-order valence-electron chi connectivity index (χ4n) is 1.87. The van der Waals surface area contributed by atoms with Gasteiger partial charge in [0.25, 0.3) is 5.17 Å². The fraction of sp³-hybridized carbons (Fsp3) is 0.300. The molecule has 1 saturated heterocycles. The van der Waals surface area contributed by atoms with E-state index in [4.69, 9.17) is 28.6 Å². The molecule has 1 aromatic rings. The van der Waals surface area contributed by atoms with Crippen molar-refractivity contribution in [3.63, 3.8) is 0 Å². The van der Waals surface area contributed by atoms with Crippen LogP contribution in [-0.2, 0) is 0 Å². The highest BCUT2D eigenvalue weighted by molar-refractivity contribution is 7.99. The highest BCUT2D eigenvalue weighted by atomic mass is 35.5. The first-order chi connectivity index (χ1) is 7.25. The lowest BCUT2D eigenvalue weighted by Gasteiger charge is -2.32. The molecule has 0 aliphatic carbocycles. The molecule has 0 bridgehead atoms. The number of thiocarbonyl (C=S) groups is 1. The Balaban J connectivity index is 2.12. The van der Waals surface area contributed by atoms with Gasteiger partial charge in [-0.1, -0.05) is 11.6 Å². The third-order valence-electron chi connectivity index (χ3n) is 2.56. The molecular formula is C10H8ClNOS2. The van der Waals surface area contributed by atoms with Gasteiger partial charge in [-0.15, -0.1) is 11.8 Å². The maximum absolute atomic E-state index is 5.99. The van der Waals surface area contributed by atoms with Crippen molar-refractivity contribution < 1.29 is 4.74 Å². The molecule has 2 aliphatic rings. The maximum atomic E-state index is 5.99. The van der Waals surface area contributed by atoms with Gasteiger partial charge in [0.05, 0.1) is 0 Å². The van der Waals surface area contributed by atoms with E-state index in [9.17, 15) is 0 Å². The highest BCUT2D eigenvalue weighted by Crippen LogP contribution is 2.46. The second-order valence-corrected chi connectivity index (χ2v) is 5.44. The van der Waals surface area contributed by atoms with E-state index in [1.165, 1.54) is 0 Å². The summed E-state index contributed by atoms with van der Waals surface area (Å²) in [4.78, 5) is 2.11. The molecule has 1 aromatic carbocycles. The second-order valence-electron chi connectivity index (χ2n) is 3.47. The van der Waals surface area contributed by atoms with Gasteiger partial charge in [0.15, 0.2) is 0 Å². The van der Waals surface area contributed by atoms with E-state index in [-0.39, 0.29) is 0 Å². The molecule has 1 fully saturated rings. The highest BCUT2D eigenvalue weighted by Gasteiger charge is 2.35. The van der Waals surface area contributed by atoms with Gasteiger partial charge in [0.2, 0.25) is 0 Å². The summed E-state index contributed by atoms with van der Waals surface area (Å²) < 4.78 is 5.59. The van der Waals surface area contributed by atoms with E-state index >= 15 is 0 Å². The first kappa shape index (κ1) is 9.75. The summed E-state index contributed by atoms with van der Waals surface area (Å²) >= 11 is 13.1. The predicted molar refractivity (Wildman–Crippen MR) is 66.6 cm³/mol. The molecule has 0 radical (unpaired) electrons. The van der Waals surface area contributed by atoms with Crippen LogP contribution in [0.1, 0.15) is 10.9 Å². The van der Waals surface area contributed by atoms with E-state index in [0.717, 1.165) is 28.6 Å². The molecule has 2 heterocycles. The molecule has 2 aliphatic heterocycles. The molecule has 0 spiro atoms. The molecule has 3 rings (SSSR count). The molecule has 15 heavy (non-hydrogen) atoms. The van der Waals surface area contributed by atoms with Crippen LogP contribution in [0.4, 0.5) is 0 Å². The second kappa shape index (κ2) is 3.54. The van der Waals surface area contributed by atoms with E-state index in [1.807, 2.05) is 30.0 Å². The summed E-state index contributed by atoms with van der Waals surface area (Å²) in [6.45, 7) is 0.958. The largest absolute Gasteiger partial charge is 0.431 e. The molecule has 78 valence electrons. The number of thioether (sulfide) groups is 1. The average Bonchev–Trinajstić information content (AvgIpc) is 2.69. The Labute approximate surface area is 103 Å². The Morgan fingerprint density at radius 2 is 2.40 bits per heavy atom. The maximum Gasteiger partial charge on any atom is 0.266 e. The zero-order valence-corrected chi connectivity index (χ0v) is 10.2. The zero-order valence-electron chi connectivity index (χ0n) is 7.77. The molecule has 0 aromatic heterocycles. The van der Waals surface area contributed by atoms with Crippen LogP contribution in [0.2, 0.25) is 5.02 Å². The normalized spacial score (nSPS) is 23.4. The van der Waals surface area contributed by atoms with Gasteiger partial charge in [-0.2, -0.15) is 0 Å². The number of benzene rings is 1. The van der Waals surface area contributed by atoms with E-state index in [1.54, 1.807) is 0 Å². The van der Waals surface area contributed by atoms with Crippen molar-refractivity contribution >= 4 is 40.8 Å². The molecule has 2 nitrogen and oxygen atoms in total. The number of halogens is 1. The van der Waals surface area contributed by atoms with Gasteiger partial charge in [0.1, 0.15) is 11.1 Å². The van der Waals surface area contributed by atoms with Crippen LogP contribution in [0, 0.1) is 0 Å². The predicted octanol–water partition coefficient (Wildman–Crippen LogP) is 3.06. The van der Waals surface area contributed by atoms with Crippen LogP contribution in [0.3, 0.4) is 0 Å².